The summed E-state index contributed by atoms with van der Waals surface area (Å²) >= 11 is 0. The second-order valence-corrected chi connectivity index (χ2v) is 11.3. The zero-order valence-corrected chi connectivity index (χ0v) is 22.7. The average molecular weight is 546 g/mol. The Balaban J connectivity index is 2.13. The van der Waals surface area contributed by atoms with Gasteiger partial charge in [0, 0.05) is 30.6 Å². The van der Waals surface area contributed by atoms with Crippen LogP contribution >= 0.6 is 0 Å². The molecule has 2 aromatic carbocycles. The Labute approximate surface area is 221 Å². The molecule has 0 N–H and O–H groups in total. The third-order valence-electron chi connectivity index (χ3n) is 5.66. The number of hydrogen-bond acceptors (Lipinski definition) is 8. The molecule has 0 bridgehead atoms. The minimum atomic E-state index is -4.50. The van der Waals surface area contributed by atoms with Crippen LogP contribution in [0.1, 0.15) is 40.2 Å². The van der Waals surface area contributed by atoms with Gasteiger partial charge in [-0.15, -0.1) is 0 Å². The molecule has 38 heavy (non-hydrogen) atoms. The van der Waals surface area contributed by atoms with Crippen LogP contribution in [0.2, 0.25) is 0 Å². The van der Waals surface area contributed by atoms with Gasteiger partial charge in [-0.25, -0.2) is 13.2 Å². The van der Waals surface area contributed by atoms with Crippen molar-refractivity contribution in [2.75, 3.05) is 13.2 Å². The number of likely N-dealkylation sites (N-methyl/N-ethyl adjacent to an activating group) is 1. The van der Waals surface area contributed by atoms with E-state index in [4.69, 9.17) is 9.47 Å². The summed E-state index contributed by atoms with van der Waals surface area (Å²) in [6.45, 7) is 8.17. The van der Waals surface area contributed by atoms with Crippen molar-refractivity contribution in [1.82, 2.24) is 8.87 Å². The normalized spacial score (nSPS) is 12.9. The van der Waals surface area contributed by atoms with E-state index in [-0.39, 0.29) is 19.6 Å². The van der Waals surface area contributed by atoms with Crippen molar-refractivity contribution in [3.05, 3.63) is 70.4 Å². The van der Waals surface area contributed by atoms with Gasteiger partial charge in [-0.1, -0.05) is 37.3 Å². The van der Waals surface area contributed by atoms with Crippen LogP contribution in [0.15, 0.2) is 59.6 Å². The third kappa shape index (κ3) is 6.03. The highest BCUT2D eigenvalue weighted by Crippen LogP contribution is 2.30. The van der Waals surface area contributed by atoms with Crippen LogP contribution in [0.25, 0.3) is 10.9 Å². The molecule has 1 atom stereocenters. The number of benzene rings is 2. The number of ether oxygens (including phenoxy) is 2. The van der Waals surface area contributed by atoms with Crippen LogP contribution in [0, 0.1) is 10.1 Å². The maximum Gasteiger partial charge on any atom is 0.419 e. The van der Waals surface area contributed by atoms with Crippen LogP contribution in [0.4, 0.5) is 10.5 Å². The number of hydrogen-bond donors (Lipinski definition) is 0. The van der Waals surface area contributed by atoms with E-state index in [2.05, 4.69) is 0 Å². The van der Waals surface area contributed by atoms with E-state index < -0.39 is 49.2 Å². The van der Waals surface area contributed by atoms with Crippen LogP contribution in [-0.4, -0.2) is 59.1 Å². The Kier molecular flexibility index (Phi) is 8.58. The maximum absolute atomic E-state index is 13.7. The molecule has 12 heteroatoms. The number of esters is 1. The topological polar surface area (TPSA) is 138 Å². The van der Waals surface area contributed by atoms with Crippen molar-refractivity contribution in [2.24, 2.45) is 0 Å². The molecule has 0 saturated heterocycles. The number of sulfonamides is 1. The standard InChI is InChI=1S/C26H31N3O8S/c1-6-28(38(34,35)23-15-11-10-14-21(23)29(32)33)22(24(30)36-7-2)16-18-17-27(25(31)37-26(3,4)5)20-13-9-8-12-19(18)20/h8-15,17,22H,6-7,16H2,1-5H3. The average Bonchev–Trinajstić information content (AvgIpc) is 3.21. The zero-order chi connectivity index (χ0) is 28.3. The van der Waals surface area contributed by atoms with Gasteiger partial charge in [-0.2, -0.15) is 4.31 Å². The van der Waals surface area contributed by atoms with E-state index in [0.29, 0.717) is 16.5 Å². The van der Waals surface area contributed by atoms with Crippen molar-refractivity contribution in [3.8, 4) is 0 Å². The Bertz CT molecular complexity index is 1460. The summed E-state index contributed by atoms with van der Waals surface area (Å²) in [6, 6.07) is 10.6. The minimum absolute atomic E-state index is 0.00190. The van der Waals surface area contributed by atoms with Crippen LogP contribution < -0.4 is 0 Å². The Morgan fingerprint density at radius 3 is 2.32 bits per heavy atom. The number of para-hydroxylation sites is 2. The quantitative estimate of drug-likeness (QED) is 0.217. The predicted molar refractivity (Wildman–Crippen MR) is 140 cm³/mol. The fraction of sp³-hybridized carbons (Fsp3) is 0.385. The fourth-order valence-electron chi connectivity index (χ4n) is 4.13. The lowest BCUT2D eigenvalue weighted by atomic mass is 10.0. The summed E-state index contributed by atoms with van der Waals surface area (Å²) in [6.07, 6.45) is 0.728. The van der Waals surface area contributed by atoms with Crippen LogP contribution in [-0.2, 0) is 30.7 Å². The lowest BCUT2D eigenvalue weighted by molar-refractivity contribution is -0.387. The number of carbonyl (C=O) groups excluding carboxylic acids is 2. The molecule has 0 spiro atoms. The van der Waals surface area contributed by atoms with Crippen LogP contribution in [0.3, 0.4) is 0 Å². The minimum Gasteiger partial charge on any atom is -0.465 e. The van der Waals surface area contributed by atoms with E-state index in [1.807, 2.05) is 0 Å². The number of nitrogens with zero attached hydrogens (tertiary/aromatic N) is 3. The largest absolute Gasteiger partial charge is 0.465 e. The molecule has 3 aromatic rings. The van der Waals surface area contributed by atoms with E-state index >= 15 is 0 Å². The van der Waals surface area contributed by atoms with Crippen LogP contribution in [0.5, 0.6) is 0 Å². The number of fused-ring (bicyclic) bond motifs is 1. The Hall–Kier alpha value is -3.77. The summed E-state index contributed by atoms with van der Waals surface area (Å²) in [4.78, 5) is 36.3. The SMILES string of the molecule is CCOC(=O)C(Cc1cn(C(=O)OC(C)(C)C)c2ccccc12)N(CC)S(=O)(=O)c1ccccc1[N+](=O)[O-]. The lowest BCUT2D eigenvalue weighted by Gasteiger charge is -2.28. The number of rotatable bonds is 9. The van der Waals surface area contributed by atoms with Crippen molar-refractivity contribution in [1.29, 1.82) is 0 Å². The highest BCUT2D eigenvalue weighted by atomic mass is 32.2. The summed E-state index contributed by atoms with van der Waals surface area (Å²) in [7, 11) is -4.50. The number of aromatic nitrogens is 1. The van der Waals surface area contributed by atoms with Crippen molar-refractivity contribution in [3.63, 3.8) is 0 Å². The highest BCUT2D eigenvalue weighted by molar-refractivity contribution is 7.89. The summed E-state index contributed by atoms with van der Waals surface area (Å²) in [5.74, 6) is -0.814. The molecule has 1 heterocycles. The zero-order valence-electron chi connectivity index (χ0n) is 21.9. The van der Waals surface area contributed by atoms with E-state index in [0.717, 1.165) is 16.4 Å². The van der Waals surface area contributed by atoms with E-state index in [1.54, 1.807) is 52.0 Å². The number of nitro benzene ring substituents is 1. The molecule has 204 valence electrons. The maximum atomic E-state index is 13.7. The fourth-order valence-corrected chi connectivity index (χ4v) is 5.88. The molecule has 0 fully saturated rings. The molecule has 0 aliphatic heterocycles. The summed E-state index contributed by atoms with van der Waals surface area (Å²) in [5, 5.41) is 12.2. The van der Waals surface area contributed by atoms with Gasteiger partial charge in [-0.3, -0.25) is 19.5 Å². The summed E-state index contributed by atoms with van der Waals surface area (Å²) in [5.41, 5.74) is -0.340. The lowest BCUT2D eigenvalue weighted by Crippen LogP contribution is -2.47. The molecule has 3 rings (SSSR count). The second-order valence-electron chi connectivity index (χ2n) is 9.43. The first-order valence-electron chi connectivity index (χ1n) is 12.1. The Morgan fingerprint density at radius 1 is 1.08 bits per heavy atom. The molecule has 0 saturated carbocycles. The summed E-state index contributed by atoms with van der Waals surface area (Å²) < 4.78 is 40.3. The number of carbonyl (C=O) groups is 2. The van der Waals surface area contributed by atoms with Gasteiger partial charge in [0.1, 0.15) is 11.6 Å². The molecule has 11 nitrogen and oxygen atoms in total. The molecule has 0 aliphatic carbocycles. The first-order chi connectivity index (χ1) is 17.8. The first kappa shape index (κ1) is 28.8. The van der Waals surface area contributed by atoms with Gasteiger partial charge >= 0.3 is 12.1 Å². The molecular weight excluding hydrogens is 514 g/mol. The van der Waals surface area contributed by atoms with Gasteiger partial charge < -0.3 is 9.47 Å². The van der Waals surface area contributed by atoms with Gasteiger partial charge in [0.15, 0.2) is 4.90 Å². The Morgan fingerprint density at radius 2 is 1.71 bits per heavy atom. The molecule has 0 radical (unpaired) electrons. The predicted octanol–water partition coefficient (Wildman–Crippen LogP) is 4.52. The first-order valence-corrected chi connectivity index (χ1v) is 13.5. The van der Waals surface area contributed by atoms with Crippen molar-refractivity contribution < 1.29 is 32.4 Å². The molecule has 1 aromatic heterocycles. The molecule has 0 aliphatic rings. The van der Waals surface area contributed by atoms with Crippen molar-refractivity contribution in [2.45, 2.75) is 57.6 Å². The third-order valence-corrected chi connectivity index (χ3v) is 7.70. The second kappa shape index (κ2) is 11.3. The highest BCUT2D eigenvalue weighted by Gasteiger charge is 2.39. The molecule has 0 amide bonds. The van der Waals surface area contributed by atoms with Gasteiger partial charge in [0.25, 0.3) is 15.7 Å². The number of nitro groups is 1. The van der Waals surface area contributed by atoms with E-state index in [1.165, 1.54) is 29.8 Å². The van der Waals surface area contributed by atoms with E-state index in [9.17, 15) is 28.1 Å². The van der Waals surface area contributed by atoms with Gasteiger partial charge in [-0.05, 0) is 45.4 Å². The van der Waals surface area contributed by atoms with Crippen molar-refractivity contribution >= 4 is 38.7 Å². The smallest absolute Gasteiger partial charge is 0.419 e. The van der Waals surface area contributed by atoms with Gasteiger partial charge in [0.05, 0.1) is 17.0 Å². The van der Waals surface area contributed by atoms with Gasteiger partial charge in [0.2, 0.25) is 0 Å². The monoisotopic (exact) mass is 545 g/mol. The molecule has 1 unspecified atom stereocenters. The molecular formula is C26H31N3O8S.